The molecule has 0 saturated carbocycles. The Morgan fingerprint density at radius 2 is 2.50 bits per heavy atom. The van der Waals surface area contributed by atoms with E-state index in [0.29, 0.717) is 0 Å². The van der Waals surface area contributed by atoms with Crippen molar-refractivity contribution in [2.75, 3.05) is 0 Å². The summed E-state index contributed by atoms with van der Waals surface area (Å²) in [5.41, 5.74) is 0. The van der Waals surface area contributed by atoms with Gasteiger partial charge in [-0.25, -0.2) is 9.18 Å². The molecule has 1 unspecified atom stereocenters. The lowest BCUT2D eigenvalue weighted by molar-refractivity contribution is 0.171. The number of rotatable bonds is 2. The predicted molar refractivity (Wildman–Crippen MR) is 26.3 cm³/mol. The molecule has 0 spiro atoms. The SMILES string of the molecule is CCC(F)NC(=O)O. The summed E-state index contributed by atoms with van der Waals surface area (Å²) in [6, 6.07) is 0. The Morgan fingerprint density at radius 1 is 2.00 bits per heavy atom. The zero-order valence-corrected chi connectivity index (χ0v) is 4.52. The molecule has 0 aliphatic rings. The molecule has 0 heterocycles. The van der Waals surface area contributed by atoms with Crippen molar-refractivity contribution in [2.45, 2.75) is 19.6 Å². The molecule has 0 fully saturated rings. The van der Waals surface area contributed by atoms with Crippen LogP contribution in [0.25, 0.3) is 0 Å². The second kappa shape index (κ2) is 3.23. The third-order valence-electron chi connectivity index (χ3n) is 0.639. The van der Waals surface area contributed by atoms with Crippen LogP contribution in [-0.2, 0) is 0 Å². The summed E-state index contributed by atoms with van der Waals surface area (Å²) in [6.07, 6.45) is -2.57. The van der Waals surface area contributed by atoms with Crippen LogP contribution in [0.4, 0.5) is 9.18 Å². The predicted octanol–water partition coefficient (Wildman–Crippen LogP) is 0.960. The van der Waals surface area contributed by atoms with E-state index < -0.39 is 12.4 Å². The van der Waals surface area contributed by atoms with Crippen LogP contribution in [0.1, 0.15) is 13.3 Å². The van der Waals surface area contributed by atoms with Crippen LogP contribution in [0, 0.1) is 0 Å². The molecule has 0 aromatic heterocycles. The fourth-order valence-electron chi connectivity index (χ4n) is 0.236. The van der Waals surface area contributed by atoms with Gasteiger partial charge < -0.3 is 5.11 Å². The normalized spacial score (nSPS) is 12.8. The first kappa shape index (κ1) is 7.20. The van der Waals surface area contributed by atoms with Crippen molar-refractivity contribution >= 4 is 6.09 Å². The summed E-state index contributed by atoms with van der Waals surface area (Å²) in [5, 5.41) is 9.51. The molecule has 0 aliphatic heterocycles. The van der Waals surface area contributed by atoms with Crippen LogP contribution in [0.3, 0.4) is 0 Å². The monoisotopic (exact) mass is 121 g/mol. The van der Waals surface area contributed by atoms with E-state index in [4.69, 9.17) is 5.11 Å². The topological polar surface area (TPSA) is 49.3 Å². The van der Waals surface area contributed by atoms with Gasteiger partial charge in [0.15, 0.2) is 6.30 Å². The van der Waals surface area contributed by atoms with Gasteiger partial charge in [0.2, 0.25) is 0 Å². The molecule has 3 nitrogen and oxygen atoms in total. The van der Waals surface area contributed by atoms with E-state index >= 15 is 0 Å². The maximum absolute atomic E-state index is 11.9. The van der Waals surface area contributed by atoms with Crippen LogP contribution in [0.2, 0.25) is 0 Å². The third kappa shape index (κ3) is 3.39. The van der Waals surface area contributed by atoms with Gasteiger partial charge in [-0.05, 0) is 6.42 Å². The van der Waals surface area contributed by atoms with E-state index in [1.165, 1.54) is 0 Å². The Labute approximate surface area is 46.5 Å². The summed E-state index contributed by atoms with van der Waals surface area (Å²) < 4.78 is 11.9. The van der Waals surface area contributed by atoms with Gasteiger partial charge in [-0.2, -0.15) is 0 Å². The number of hydrogen-bond acceptors (Lipinski definition) is 1. The summed E-state index contributed by atoms with van der Waals surface area (Å²) in [5.74, 6) is 0. The van der Waals surface area contributed by atoms with Crippen LogP contribution < -0.4 is 5.32 Å². The lowest BCUT2D eigenvalue weighted by atomic mass is 10.5. The molecule has 0 aromatic rings. The smallest absolute Gasteiger partial charge is 0.406 e. The van der Waals surface area contributed by atoms with E-state index in [9.17, 15) is 9.18 Å². The highest BCUT2D eigenvalue weighted by Crippen LogP contribution is 1.89. The minimum atomic E-state index is -1.42. The standard InChI is InChI=1S/C4H8FNO2/c1-2-3(5)6-4(7)8/h3,6H,2H2,1H3,(H,7,8). The molecule has 0 aliphatic carbocycles. The second-order valence-corrected chi connectivity index (χ2v) is 1.33. The highest BCUT2D eigenvalue weighted by Gasteiger charge is 2.03. The van der Waals surface area contributed by atoms with Crippen molar-refractivity contribution in [1.82, 2.24) is 5.32 Å². The zero-order chi connectivity index (χ0) is 6.57. The second-order valence-electron chi connectivity index (χ2n) is 1.33. The van der Waals surface area contributed by atoms with Gasteiger partial charge >= 0.3 is 6.09 Å². The van der Waals surface area contributed by atoms with Crippen LogP contribution in [-0.4, -0.2) is 17.5 Å². The molecule has 0 aromatic carbocycles. The van der Waals surface area contributed by atoms with Gasteiger partial charge in [0.1, 0.15) is 0 Å². The maximum atomic E-state index is 11.9. The number of carbonyl (C=O) groups is 1. The first-order valence-corrected chi connectivity index (χ1v) is 2.30. The van der Waals surface area contributed by atoms with E-state index in [1.54, 1.807) is 12.2 Å². The van der Waals surface area contributed by atoms with Crippen molar-refractivity contribution in [3.63, 3.8) is 0 Å². The molecule has 0 radical (unpaired) electrons. The van der Waals surface area contributed by atoms with Gasteiger partial charge in [0.25, 0.3) is 0 Å². The van der Waals surface area contributed by atoms with Crippen molar-refractivity contribution in [1.29, 1.82) is 0 Å². The number of alkyl halides is 1. The Balaban J connectivity index is 3.24. The highest BCUT2D eigenvalue weighted by atomic mass is 19.1. The minimum absolute atomic E-state index is 0.173. The van der Waals surface area contributed by atoms with Gasteiger partial charge in [0.05, 0.1) is 0 Å². The van der Waals surface area contributed by atoms with E-state index in [0.717, 1.165) is 0 Å². The largest absolute Gasteiger partial charge is 0.465 e. The van der Waals surface area contributed by atoms with Crippen molar-refractivity contribution in [3.05, 3.63) is 0 Å². The molecule has 0 saturated heterocycles. The van der Waals surface area contributed by atoms with Gasteiger partial charge in [-0.15, -0.1) is 0 Å². The van der Waals surface area contributed by atoms with Crippen molar-refractivity contribution in [2.24, 2.45) is 0 Å². The molecule has 8 heavy (non-hydrogen) atoms. The first-order chi connectivity index (χ1) is 3.66. The minimum Gasteiger partial charge on any atom is -0.465 e. The Hall–Kier alpha value is -0.800. The molecule has 4 heteroatoms. The third-order valence-corrected chi connectivity index (χ3v) is 0.639. The summed E-state index contributed by atoms with van der Waals surface area (Å²) in [4.78, 5) is 9.62. The quantitative estimate of drug-likeness (QED) is 0.534. The number of hydrogen-bond donors (Lipinski definition) is 2. The number of halogens is 1. The van der Waals surface area contributed by atoms with E-state index in [1.807, 2.05) is 0 Å². The van der Waals surface area contributed by atoms with E-state index in [-0.39, 0.29) is 6.42 Å². The Morgan fingerprint density at radius 3 is 2.62 bits per heavy atom. The fraction of sp³-hybridized carbons (Fsp3) is 0.750. The van der Waals surface area contributed by atoms with Crippen molar-refractivity contribution < 1.29 is 14.3 Å². The lowest BCUT2D eigenvalue weighted by Crippen LogP contribution is -2.28. The molecule has 0 bridgehead atoms. The van der Waals surface area contributed by atoms with Crippen LogP contribution in [0.5, 0.6) is 0 Å². The summed E-state index contributed by atoms with van der Waals surface area (Å²) in [7, 11) is 0. The van der Waals surface area contributed by atoms with Crippen molar-refractivity contribution in [3.8, 4) is 0 Å². The molecule has 48 valence electrons. The summed E-state index contributed by atoms with van der Waals surface area (Å²) >= 11 is 0. The number of nitrogens with one attached hydrogen (secondary N) is 1. The lowest BCUT2D eigenvalue weighted by Gasteiger charge is -2.01. The average Bonchev–Trinajstić information content (AvgIpc) is 1.65. The molecular formula is C4H8FNO2. The maximum Gasteiger partial charge on any atom is 0.406 e. The van der Waals surface area contributed by atoms with E-state index in [2.05, 4.69) is 0 Å². The zero-order valence-electron chi connectivity index (χ0n) is 4.52. The van der Waals surface area contributed by atoms with Gasteiger partial charge in [-0.3, -0.25) is 5.32 Å². The van der Waals surface area contributed by atoms with Gasteiger partial charge in [-0.1, -0.05) is 6.92 Å². The molecule has 2 N–H and O–H groups in total. The van der Waals surface area contributed by atoms with Gasteiger partial charge in [0, 0.05) is 0 Å². The van der Waals surface area contributed by atoms with Crippen LogP contribution >= 0.6 is 0 Å². The Kier molecular flexibility index (Phi) is 2.91. The average molecular weight is 121 g/mol. The molecule has 1 atom stereocenters. The molecule has 1 amide bonds. The molecular weight excluding hydrogens is 113 g/mol. The number of amides is 1. The summed E-state index contributed by atoms with van der Waals surface area (Å²) in [6.45, 7) is 1.56. The highest BCUT2D eigenvalue weighted by molar-refractivity contribution is 5.64. The number of carboxylic acid groups (broad SMARTS) is 1. The Bertz CT molecular complexity index is 86.1. The van der Waals surface area contributed by atoms with Crippen LogP contribution in [0.15, 0.2) is 0 Å². The molecule has 0 rings (SSSR count). The fourth-order valence-corrected chi connectivity index (χ4v) is 0.236. The first-order valence-electron chi connectivity index (χ1n) is 2.30.